The van der Waals surface area contributed by atoms with Crippen LogP contribution in [-0.2, 0) is 0 Å². The average Bonchev–Trinajstić information content (AvgIpc) is 2.89. The van der Waals surface area contributed by atoms with Crippen molar-refractivity contribution in [2.24, 2.45) is 5.73 Å². The minimum Gasteiger partial charge on any atom is -0.472 e. The van der Waals surface area contributed by atoms with Gasteiger partial charge >= 0.3 is 0 Å². The molecule has 4 heteroatoms. The Labute approximate surface area is 92.9 Å². The highest BCUT2D eigenvalue weighted by molar-refractivity contribution is 7.13. The largest absolute Gasteiger partial charge is 0.472 e. The molecule has 3 nitrogen and oxygen atoms in total. The van der Waals surface area contributed by atoms with E-state index in [4.69, 9.17) is 10.2 Å². The minimum atomic E-state index is 0.377. The molecule has 15 heavy (non-hydrogen) atoms. The summed E-state index contributed by atoms with van der Waals surface area (Å²) in [5.41, 5.74) is 7.83. The van der Waals surface area contributed by atoms with Gasteiger partial charge in [0.2, 0.25) is 0 Å². The summed E-state index contributed by atoms with van der Waals surface area (Å²) in [7, 11) is 0. The maximum Gasteiger partial charge on any atom is 0.126 e. The summed E-state index contributed by atoms with van der Waals surface area (Å²) in [6, 6.07) is 1.92. The number of nitrogens with zero attached hydrogens (tertiary/aromatic N) is 1. The summed E-state index contributed by atoms with van der Waals surface area (Å²) in [5.74, 6) is 0.377. The number of nitrogens with two attached hydrogens (primary N) is 1. The van der Waals surface area contributed by atoms with Crippen molar-refractivity contribution in [2.45, 2.75) is 19.3 Å². The third kappa shape index (κ3) is 2.11. The maximum atomic E-state index is 5.69. The van der Waals surface area contributed by atoms with Crippen molar-refractivity contribution in [1.82, 2.24) is 4.98 Å². The lowest BCUT2D eigenvalue weighted by Gasteiger charge is -2.07. The number of thiazole rings is 1. The first-order valence-corrected chi connectivity index (χ1v) is 5.91. The Morgan fingerprint density at radius 2 is 2.47 bits per heavy atom. The first-order chi connectivity index (χ1) is 7.35. The van der Waals surface area contributed by atoms with Crippen LogP contribution < -0.4 is 5.73 Å². The van der Waals surface area contributed by atoms with Crippen molar-refractivity contribution in [3.63, 3.8) is 0 Å². The fraction of sp³-hybridized carbons (Fsp3) is 0.364. The minimum absolute atomic E-state index is 0.377. The second-order valence-corrected chi connectivity index (χ2v) is 4.29. The molecular formula is C11H14N2OS. The van der Waals surface area contributed by atoms with Crippen LogP contribution in [0.1, 0.15) is 25.0 Å². The fourth-order valence-corrected chi connectivity index (χ4v) is 2.38. The second kappa shape index (κ2) is 4.59. The van der Waals surface area contributed by atoms with E-state index in [1.54, 1.807) is 23.9 Å². The Balaban J connectivity index is 2.24. The fourth-order valence-electron chi connectivity index (χ4n) is 1.49. The van der Waals surface area contributed by atoms with Crippen LogP contribution in [0, 0.1) is 0 Å². The van der Waals surface area contributed by atoms with Crippen LogP contribution in [-0.4, -0.2) is 11.5 Å². The highest BCUT2D eigenvalue weighted by Crippen LogP contribution is 2.27. The molecule has 0 bridgehead atoms. The van der Waals surface area contributed by atoms with Crippen LogP contribution in [0.4, 0.5) is 0 Å². The number of hydrogen-bond acceptors (Lipinski definition) is 4. The Kier molecular flexibility index (Phi) is 3.18. The van der Waals surface area contributed by atoms with E-state index in [1.807, 2.05) is 6.07 Å². The van der Waals surface area contributed by atoms with E-state index in [0.717, 1.165) is 22.7 Å². The lowest BCUT2D eigenvalue weighted by Crippen LogP contribution is -2.11. The van der Waals surface area contributed by atoms with Gasteiger partial charge in [0.25, 0.3) is 0 Å². The Morgan fingerprint density at radius 1 is 1.60 bits per heavy atom. The number of aromatic nitrogens is 1. The monoisotopic (exact) mass is 222 g/mol. The molecule has 0 amide bonds. The molecular weight excluding hydrogens is 208 g/mol. The zero-order chi connectivity index (χ0) is 10.7. The summed E-state index contributed by atoms with van der Waals surface area (Å²) in [4.78, 5) is 4.57. The van der Waals surface area contributed by atoms with Gasteiger partial charge in [0.05, 0.1) is 12.0 Å². The van der Waals surface area contributed by atoms with E-state index in [-0.39, 0.29) is 0 Å². The Morgan fingerprint density at radius 3 is 3.07 bits per heavy atom. The lowest BCUT2D eigenvalue weighted by molar-refractivity contribution is 0.568. The highest BCUT2D eigenvalue weighted by atomic mass is 32.1. The van der Waals surface area contributed by atoms with Crippen molar-refractivity contribution in [2.75, 3.05) is 6.54 Å². The van der Waals surface area contributed by atoms with Crippen molar-refractivity contribution in [1.29, 1.82) is 0 Å². The predicted molar refractivity (Wildman–Crippen MR) is 61.9 cm³/mol. The van der Waals surface area contributed by atoms with E-state index in [0.29, 0.717) is 12.5 Å². The maximum absolute atomic E-state index is 5.69. The Bertz CT molecular complexity index is 404. The van der Waals surface area contributed by atoms with Crippen molar-refractivity contribution in [3.05, 3.63) is 29.7 Å². The summed E-state index contributed by atoms with van der Waals surface area (Å²) in [5, 5.41) is 3.09. The molecule has 0 aliphatic rings. The molecule has 0 aliphatic heterocycles. The van der Waals surface area contributed by atoms with Gasteiger partial charge in [0.15, 0.2) is 0 Å². The van der Waals surface area contributed by atoms with Crippen molar-refractivity contribution >= 4 is 11.3 Å². The zero-order valence-electron chi connectivity index (χ0n) is 8.64. The lowest BCUT2D eigenvalue weighted by atomic mass is 10.0. The van der Waals surface area contributed by atoms with E-state index in [9.17, 15) is 0 Å². The second-order valence-electron chi connectivity index (χ2n) is 3.43. The molecule has 0 radical (unpaired) electrons. The Hall–Kier alpha value is -1.13. The molecule has 1 atom stereocenters. The molecule has 2 aromatic heterocycles. The van der Waals surface area contributed by atoms with Gasteiger partial charge in [-0.3, -0.25) is 0 Å². The first kappa shape index (κ1) is 10.4. The van der Waals surface area contributed by atoms with Crippen molar-refractivity contribution < 1.29 is 4.42 Å². The third-order valence-electron chi connectivity index (χ3n) is 2.49. The van der Waals surface area contributed by atoms with Gasteiger partial charge in [-0.1, -0.05) is 6.92 Å². The van der Waals surface area contributed by atoms with Gasteiger partial charge in [-0.2, -0.15) is 0 Å². The van der Waals surface area contributed by atoms with Crippen LogP contribution in [0.2, 0.25) is 0 Å². The van der Waals surface area contributed by atoms with E-state index < -0.39 is 0 Å². The molecule has 2 rings (SSSR count). The van der Waals surface area contributed by atoms with Gasteiger partial charge in [-0.15, -0.1) is 11.3 Å². The normalized spacial score (nSPS) is 12.9. The SMILES string of the molecule is CCC(CN)c1csc(-c2ccoc2)n1. The average molecular weight is 222 g/mol. The molecule has 0 saturated carbocycles. The highest BCUT2D eigenvalue weighted by Gasteiger charge is 2.12. The molecule has 2 aromatic rings. The summed E-state index contributed by atoms with van der Waals surface area (Å²) in [6.07, 6.45) is 4.41. The molecule has 0 aliphatic carbocycles. The van der Waals surface area contributed by atoms with Gasteiger partial charge in [-0.05, 0) is 12.5 Å². The topological polar surface area (TPSA) is 52.0 Å². The van der Waals surface area contributed by atoms with Gasteiger partial charge < -0.3 is 10.2 Å². The first-order valence-electron chi connectivity index (χ1n) is 5.03. The summed E-state index contributed by atoms with van der Waals surface area (Å²) < 4.78 is 5.03. The predicted octanol–water partition coefficient (Wildman–Crippen LogP) is 2.86. The summed E-state index contributed by atoms with van der Waals surface area (Å²) in [6.45, 7) is 2.79. The number of rotatable bonds is 4. The van der Waals surface area contributed by atoms with E-state index >= 15 is 0 Å². The molecule has 0 saturated heterocycles. The molecule has 2 heterocycles. The van der Waals surface area contributed by atoms with Gasteiger partial charge in [0, 0.05) is 23.4 Å². The van der Waals surface area contributed by atoms with Crippen molar-refractivity contribution in [3.8, 4) is 10.6 Å². The third-order valence-corrected chi connectivity index (χ3v) is 3.40. The van der Waals surface area contributed by atoms with E-state index in [2.05, 4.69) is 17.3 Å². The van der Waals surface area contributed by atoms with Crippen LogP contribution in [0.3, 0.4) is 0 Å². The summed E-state index contributed by atoms with van der Waals surface area (Å²) >= 11 is 1.64. The molecule has 0 aromatic carbocycles. The number of furan rings is 1. The molecule has 80 valence electrons. The van der Waals surface area contributed by atoms with Crippen LogP contribution in [0.15, 0.2) is 28.4 Å². The smallest absolute Gasteiger partial charge is 0.126 e. The molecule has 1 unspecified atom stereocenters. The standard InChI is InChI=1S/C11H14N2OS/c1-2-8(5-12)10-7-15-11(13-10)9-3-4-14-6-9/h3-4,6-8H,2,5,12H2,1H3. The van der Waals surface area contributed by atoms with Crippen LogP contribution >= 0.6 is 11.3 Å². The van der Waals surface area contributed by atoms with Gasteiger partial charge in [0.1, 0.15) is 11.3 Å². The van der Waals surface area contributed by atoms with Gasteiger partial charge in [-0.25, -0.2) is 4.98 Å². The van der Waals surface area contributed by atoms with E-state index in [1.165, 1.54) is 0 Å². The van der Waals surface area contributed by atoms with Crippen LogP contribution in [0.5, 0.6) is 0 Å². The number of hydrogen-bond donors (Lipinski definition) is 1. The molecule has 0 spiro atoms. The molecule has 2 N–H and O–H groups in total. The zero-order valence-corrected chi connectivity index (χ0v) is 9.46. The quantitative estimate of drug-likeness (QED) is 0.865. The van der Waals surface area contributed by atoms with Crippen LogP contribution in [0.25, 0.3) is 10.6 Å². The molecule has 0 fully saturated rings.